The molecular formula is C21H20BrNO3. The van der Waals surface area contributed by atoms with Crippen LogP contribution in [0, 0.1) is 11.8 Å². The highest BCUT2D eigenvalue weighted by atomic mass is 79.9. The number of benzene rings is 2. The summed E-state index contributed by atoms with van der Waals surface area (Å²) >= 11 is 3.38. The number of nitrogens with one attached hydrogen (secondary N) is 1. The molecule has 2 N–H and O–H groups in total. The van der Waals surface area contributed by atoms with Gasteiger partial charge in [0, 0.05) is 34.9 Å². The molecule has 4 rings (SSSR count). The number of hydrogen-bond acceptors (Lipinski definition) is 3. The zero-order valence-electron chi connectivity index (χ0n) is 14.2. The molecule has 5 heteroatoms. The summed E-state index contributed by atoms with van der Waals surface area (Å²) in [6.45, 7) is 5.37. The van der Waals surface area contributed by atoms with E-state index >= 15 is 0 Å². The average molecular weight is 414 g/mol. The number of rotatable bonds is 5. The molecule has 1 aliphatic heterocycles. The number of fused-ring (bicyclic) bond motifs is 1. The largest absolute Gasteiger partial charge is 0.506 e. The Bertz CT molecular complexity index is 842. The van der Waals surface area contributed by atoms with Crippen LogP contribution in [0.1, 0.15) is 27.4 Å². The second kappa shape index (κ2) is 6.89. The number of carbonyl (C=O) groups is 1. The van der Waals surface area contributed by atoms with E-state index in [1.54, 1.807) is 18.2 Å². The lowest BCUT2D eigenvalue weighted by atomic mass is 9.89. The van der Waals surface area contributed by atoms with Crippen LogP contribution in [0.5, 0.6) is 5.75 Å². The molecule has 134 valence electrons. The molecule has 4 atom stereocenters. The molecule has 1 saturated carbocycles. The second-order valence-electron chi connectivity index (χ2n) is 6.88. The molecule has 1 amide bonds. The molecule has 0 radical (unpaired) electrons. The SMILES string of the molecule is C=CC(c1ccccc1)c1cc(C(=O)NC2[C@H]3COC[C@@H]23)cc(Br)c1O. The summed E-state index contributed by atoms with van der Waals surface area (Å²) in [6, 6.07) is 13.4. The maximum atomic E-state index is 12.7. The molecule has 1 aliphatic carbocycles. The number of phenols is 1. The first-order chi connectivity index (χ1) is 12.6. The van der Waals surface area contributed by atoms with Crippen molar-refractivity contribution in [1.29, 1.82) is 0 Å². The molecule has 2 fully saturated rings. The lowest BCUT2D eigenvalue weighted by molar-refractivity contribution is 0.0928. The fourth-order valence-corrected chi connectivity index (χ4v) is 4.26. The third-order valence-electron chi connectivity index (χ3n) is 5.33. The standard InChI is InChI=1S/C21H20BrNO3/c1-2-14(12-6-4-3-5-7-12)15-8-13(9-18(22)20(15)24)21(25)23-19-16-10-26-11-17(16)19/h2-9,14,16-17,19,24H,1,10-11H2,(H,23,25)/t14?,16-,17+,19?. The topological polar surface area (TPSA) is 58.6 Å². The van der Waals surface area contributed by atoms with Gasteiger partial charge in [0.25, 0.3) is 5.91 Å². The predicted molar refractivity (Wildman–Crippen MR) is 103 cm³/mol. The Morgan fingerprint density at radius 1 is 1.27 bits per heavy atom. The number of hydrogen-bond donors (Lipinski definition) is 2. The first-order valence-electron chi connectivity index (χ1n) is 8.68. The molecule has 26 heavy (non-hydrogen) atoms. The van der Waals surface area contributed by atoms with Crippen LogP contribution in [0.3, 0.4) is 0 Å². The van der Waals surface area contributed by atoms with Crippen molar-refractivity contribution in [3.05, 3.63) is 76.3 Å². The number of carbonyl (C=O) groups excluding carboxylic acids is 1. The first-order valence-corrected chi connectivity index (χ1v) is 9.48. The van der Waals surface area contributed by atoms with Gasteiger partial charge < -0.3 is 15.2 Å². The molecule has 2 aromatic carbocycles. The van der Waals surface area contributed by atoms with Gasteiger partial charge in [-0.2, -0.15) is 0 Å². The monoisotopic (exact) mass is 413 g/mol. The van der Waals surface area contributed by atoms with Crippen LogP contribution in [-0.4, -0.2) is 30.3 Å². The number of aromatic hydroxyl groups is 1. The smallest absolute Gasteiger partial charge is 0.251 e. The molecule has 2 aromatic rings. The van der Waals surface area contributed by atoms with Gasteiger partial charge in [0.05, 0.1) is 17.7 Å². The molecule has 0 spiro atoms. The second-order valence-corrected chi connectivity index (χ2v) is 7.74. The maximum absolute atomic E-state index is 12.7. The van der Waals surface area contributed by atoms with Gasteiger partial charge in [0.1, 0.15) is 5.75 Å². The van der Waals surface area contributed by atoms with E-state index in [1.807, 2.05) is 30.3 Å². The minimum absolute atomic E-state index is 0.123. The first kappa shape index (κ1) is 17.3. The number of phenolic OH excluding ortho intramolecular Hbond substituents is 1. The van der Waals surface area contributed by atoms with Crippen LogP contribution < -0.4 is 5.32 Å². The van der Waals surface area contributed by atoms with Crippen LogP contribution in [0.25, 0.3) is 0 Å². The van der Waals surface area contributed by atoms with Gasteiger partial charge in [0.15, 0.2) is 0 Å². The van der Waals surface area contributed by atoms with Crippen molar-refractivity contribution in [3.63, 3.8) is 0 Å². The summed E-state index contributed by atoms with van der Waals surface area (Å²) in [4.78, 5) is 12.7. The Labute approximate surface area is 161 Å². The highest BCUT2D eigenvalue weighted by Crippen LogP contribution is 2.44. The fraction of sp³-hybridized carbons (Fsp3) is 0.286. The van der Waals surface area contributed by atoms with Crippen molar-refractivity contribution in [2.45, 2.75) is 12.0 Å². The maximum Gasteiger partial charge on any atom is 0.251 e. The van der Waals surface area contributed by atoms with Gasteiger partial charge in [0.2, 0.25) is 0 Å². The van der Waals surface area contributed by atoms with E-state index in [0.717, 1.165) is 18.8 Å². The molecule has 2 unspecified atom stereocenters. The van der Waals surface area contributed by atoms with Crippen LogP contribution in [0.4, 0.5) is 0 Å². The number of halogens is 1. The third kappa shape index (κ3) is 3.06. The van der Waals surface area contributed by atoms with Crippen molar-refractivity contribution in [3.8, 4) is 5.75 Å². The minimum Gasteiger partial charge on any atom is -0.506 e. The van der Waals surface area contributed by atoms with Crippen LogP contribution in [-0.2, 0) is 4.74 Å². The van der Waals surface area contributed by atoms with Gasteiger partial charge in [-0.05, 0) is 33.6 Å². The Morgan fingerprint density at radius 3 is 2.62 bits per heavy atom. The highest BCUT2D eigenvalue weighted by molar-refractivity contribution is 9.10. The van der Waals surface area contributed by atoms with E-state index in [1.165, 1.54) is 0 Å². The average Bonchev–Trinajstić information content (AvgIpc) is 3.06. The molecule has 0 bridgehead atoms. The summed E-state index contributed by atoms with van der Waals surface area (Å²) in [5.41, 5.74) is 2.19. The van der Waals surface area contributed by atoms with Crippen molar-refractivity contribution < 1.29 is 14.6 Å². The van der Waals surface area contributed by atoms with Crippen molar-refractivity contribution in [2.24, 2.45) is 11.8 Å². The van der Waals surface area contributed by atoms with Gasteiger partial charge in [-0.1, -0.05) is 36.4 Å². The summed E-state index contributed by atoms with van der Waals surface area (Å²) < 4.78 is 5.87. The van der Waals surface area contributed by atoms with Gasteiger partial charge in [-0.25, -0.2) is 0 Å². The number of allylic oxidation sites excluding steroid dienone is 1. The lowest BCUT2D eigenvalue weighted by Gasteiger charge is -2.18. The van der Waals surface area contributed by atoms with Crippen LogP contribution in [0.2, 0.25) is 0 Å². The van der Waals surface area contributed by atoms with Gasteiger partial charge >= 0.3 is 0 Å². The molecule has 2 aliphatic rings. The molecule has 4 nitrogen and oxygen atoms in total. The molecule has 0 aromatic heterocycles. The van der Waals surface area contributed by atoms with Crippen LogP contribution >= 0.6 is 15.9 Å². The van der Waals surface area contributed by atoms with Crippen molar-refractivity contribution in [1.82, 2.24) is 5.32 Å². The lowest BCUT2D eigenvalue weighted by Crippen LogP contribution is -2.30. The van der Waals surface area contributed by atoms with Crippen LogP contribution in [0.15, 0.2) is 59.6 Å². The third-order valence-corrected chi connectivity index (χ3v) is 5.94. The fourth-order valence-electron chi connectivity index (χ4n) is 3.78. The molecular weight excluding hydrogens is 394 g/mol. The minimum atomic E-state index is -0.200. The Morgan fingerprint density at radius 2 is 1.96 bits per heavy atom. The van der Waals surface area contributed by atoms with E-state index in [9.17, 15) is 9.90 Å². The number of ether oxygens (including phenoxy) is 1. The van der Waals surface area contributed by atoms with E-state index in [0.29, 0.717) is 27.4 Å². The summed E-state index contributed by atoms with van der Waals surface area (Å²) in [5, 5.41) is 13.6. The highest BCUT2D eigenvalue weighted by Gasteiger charge is 2.54. The predicted octanol–water partition coefficient (Wildman–Crippen LogP) is 3.85. The summed E-state index contributed by atoms with van der Waals surface area (Å²) in [6.07, 6.45) is 1.78. The van der Waals surface area contributed by atoms with Crippen molar-refractivity contribution >= 4 is 21.8 Å². The van der Waals surface area contributed by atoms with E-state index in [4.69, 9.17) is 4.74 Å². The van der Waals surface area contributed by atoms with E-state index < -0.39 is 0 Å². The van der Waals surface area contributed by atoms with Gasteiger partial charge in [-0.15, -0.1) is 6.58 Å². The molecule has 1 saturated heterocycles. The van der Waals surface area contributed by atoms with Crippen molar-refractivity contribution in [2.75, 3.05) is 13.2 Å². The zero-order chi connectivity index (χ0) is 18.3. The normalized spacial score (nSPS) is 24.6. The number of amides is 1. The zero-order valence-corrected chi connectivity index (χ0v) is 15.8. The quantitative estimate of drug-likeness (QED) is 0.731. The summed E-state index contributed by atoms with van der Waals surface area (Å²) in [5.74, 6) is 0.705. The molecule has 1 heterocycles. The van der Waals surface area contributed by atoms with Gasteiger partial charge in [-0.3, -0.25) is 4.79 Å². The Kier molecular flexibility index (Phi) is 4.59. The van der Waals surface area contributed by atoms with E-state index in [2.05, 4.69) is 27.8 Å². The Balaban J connectivity index is 1.63. The van der Waals surface area contributed by atoms with E-state index in [-0.39, 0.29) is 23.6 Å². The summed E-state index contributed by atoms with van der Waals surface area (Å²) in [7, 11) is 0. The Hall–Kier alpha value is -2.11.